The van der Waals surface area contributed by atoms with Gasteiger partial charge in [0.2, 0.25) is 0 Å². The van der Waals surface area contributed by atoms with Crippen LogP contribution >= 0.6 is 0 Å². The van der Waals surface area contributed by atoms with Gasteiger partial charge in [-0.1, -0.05) is 24.3 Å². The minimum atomic E-state index is 0.0999. The summed E-state index contributed by atoms with van der Waals surface area (Å²) in [6.45, 7) is 1.72. The van der Waals surface area contributed by atoms with Gasteiger partial charge in [-0.2, -0.15) is 5.10 Å². The summed E-state index contributed by atoms with van der Waals surface area (Å²) < 4.78 is 1.86. The van der Waals surface area contributed by atoms with Crippen molar-refractivity contribution in [1.82, 2.24) is 15.1 Å². The second-order valence-corrected chi connectivity index (χ2v) is 4.02. The van der Waals surface area contributed by atoms with Gasteiger partial charge < -0.3 is 10.4 Å². The molecule has 1 aromatic carbocycles. The summed E-state index contributed by atoms with van der Waals surface area (Å²) in [5, 5.41) is 16.4. The number of nitrogens with zero attached hydrogens (tertiary/aromatic N) is 2. The number of rotatable bonds is 5. The lowest BCUT2D eigenvalue weighted by Crippen LogP contribution is -2.15. The predicted molar refractivity (Wildman–Crippen MR) is 66.1 cm³/mol. The summed E-state index contributed by atoms with van der Waals surface area (Å²) in [5.74, 6) is 0. The van der Waals surface area contributed by atoms with Crippen molar-refractivity contribution >= 4 is 0 Å². The van der Waals surface area contributed by atoms with E-state index in [1.54, 1.807) is 6.20 Å². The molecule has 0 spiro atoms. The van der Waals surface area contributed by atoms with Crippen LogP contribution in [0.1, 0.15) is 16.8 Å². The number of aromatic nitrogens is 2. The monoisotopic (exact) mass is 231 g/mol. The van der Waals surface area contributed by atoms with Gasteiger partial charge in [0, 0.05) is 26.3 Å². The Morgan fingerprint density at radius 3 is 2.41 bits per heavy atom. The Hall–Kier alpha value is -1.65. The Kier molecular flexibility index (Phi) is 3.90. The van der Waals surface area contributed by atoms with Gasteiger partial charge in [-0.3, -0.25) is 4.68 Å². The molecule has 0 aliphatic rings. The topological polar surface area (TPSA) is 50.1 Å². The van der Waals surface area contributed by atoms with Crippen LogP contribution in [0.15, 0.2) is 36.5 Å². The average Bonchev–Trinajstić information content (AvgIpc) is 2.76. The van der Waals surface area contributed by atoms with E-state index < -0.39 is 0 Å². The van der Waals surface area contributed by atoms with Crippen molar-refractivity contribution in [3.63, 3.8) is 0 Å². The van der Waals surface area contributed by atoms with Crippen LogP contribution in [0.25, 0.3) is 0 Å². The van der Waals surface area contributed by atoms with E-state index in [-0.39, 0.29) is 6.61 Å². The van der Waals surface area contributed by atoms with E-state index in [1.165, 1.54) is 5.56 Å². The third-order valence-electron chi connectivity index (χ3n) is 2.76. The molecule has 0 saturated carbocycles. The Balaban J connectivity index is 1.83. The molecule has 2 N–H and O–H groups in total. The molecule has 1 aromatic heterocycles. The fourth-order valence-corrected chi connectivity index (χ4v) is 1.67. The van der Waals surface area contributed by atoms with E-state index in [4.69, 9.17) is 5.11 Å². The second kappa shape index (κ2) is 5.61. The van der Waals surface area contributed by atoms with Crippen LogP contribution in [-0.4, -0.2) is 14.9 Å². The zero-order valence-electron chi connectivity index (χ0n) is 9.93. The first-order valence-corrected chi connectivity index (χ1v) is 5.66. The first-order chi connectivity index (χ1) is 8.29. The SMILES string of the molecule is Cn1nccc1CNCc1ccc(CO)cc1. The molecular weight excluding hydrogens is 214 g/mol. The molecule has 0 saturated heterocycles. The molecule has 17 heavy (non-hydrogen) atoms. The smallest absolute Gasteiger partial charge is 0.0681 e. The fraction of sp³-hybridized carbons (Fsp3) is 0.308. The van der Waals surface area contributed by atoms with Crippen LogP contribution in [0.3, 0.4) is 0 Å². The van der Waals surface area contributed by atoms with E-state index in [9.17, 15) is 0 Å². The maximum Gasteiger partial charge on any atom is 0.0681 e. The molecule has 4 nitrogen and oxygen atoms in total. The Bertz CT molecular complexity index is 462. The van der Waals surface area contributed by atoms with Gasteiger partial charge in [0.15, 0.2) is 0 Å². The molecule has 0 bridgehead atoms. The van der Waals surface area contributed by atoms with Crippen LogP contribution < -0.4 is 5.32 Å². The van der Waals surface area contributed by atoms with Gasteiger partial charge in [-0.05, 0) is 17.2 Å². The molecule has 0 amide bonds. The highest BCUT2D eigenvalue weighted by Gasteiger charge is 1.98. The van der Waals surface area contributed by atoms with Gasteiger partial charge >= 0.3 is 0 Å². The molecule has 2 rings (SSSR count). The molecule has 0 unspecified atom stereocenters. The highest BCUT2D eigenvalue weighted by Crippen LogP contribution is 2.04. The van der Waals surface area contributed by atoms with Gasteiger partial charge in [0.25, 0.3) is 0 Å². The van der Waals surface area contributed by atoms with Crippen molar-refractivity contribution in [3.05, 3.63) is 53.3 Å². The molecule has 1 heterocycles. The molecule has 0 aliphatic heterocycles. The number of aryl methyl sites for hydroxylation is 1. The third-order valence-corrected chi connectivity index (χ3v) is 2.76. The van der Waals surface area contributed by atoms with Gasteiger partial charge in [-0.15, -0.1) is 0 Å². The maximum atomic E-state index is 8.93. The van der Waals surface area contributed by atoms with Crippen LogP contribution in [-0.2, 0) is 26.7 Å². The number of hydrogen-bond acceptors (Lipinski definition) is 3. The largest absolute Gasteiger partial charge is 0.392 e. The molecular formula is C13H17N3O. The first kappa shape index (κ1) is 11.8. The lowest BCUT2D eigenvalue weighted by Gasteiger charge is -2.06. The van der Waals surface area contributed by atoms with Crippen molar-refractivity contribution < 1.29 is 5.11 Å². The van der Waals surface area contributed by atoms with Crippen LogP contribution in [0.2, 0.25) is 0 Å². The summed E-state index contributed by atoms with van der Waals surface area (Å²) in [6, 6.07) is 9.95. The molecule has 0 fully saturated rings. The fourth-order valence-electron chi connectivity index (χ4n) is 1.67. The molecule has 0 aliphatic carbocycles. The lowest BCUT2D eigenvalue weighted by atomic mass is 10.1. The van der Waals surface area contributed by atoms with Crippen molar-refractivity contribution in [2.45, 2.75) is 19.7 Å². The normalized spacial score (nSPS) is 10.7. The summed E-state index contributed by atoms with van der Waals surface area (Å²) in [5.41, 5.74) is 3.32. The van der Waals surface area contributed by atoms with Gasteiger partial charge in [0.05, 0.1) is 12.3 Å². The Morgan fingerprint density at radius 2 is 1.82 bits per heavy atom. The standard InChI is InChI=1S/C13H17N3O/c1-16-13(6-7-15-16)9-14-8-11-2-4-12(10-17)5-3-11/h2-7,14,17H,8-10H2,1H3. The number of hydrogen-bond donors (Lipinski definition) is 2. The van der Waals surface area contributed by atoms with Crippen LogP contribution in [0.4, 0.5) is 0 Å². The van der Waals surface area contributed by atoms with Crippen molar-refractivity contribution in [2.75, 3.05) is 0 Å². The second-order valence-electron chi connectivity index (χ2n) is 4.02. The first-order valence-electron chi connectivity index (χ1n) is 5.66. The minimum Gasteiger partial charge on any atom is -0.392 e. The van der Waals surface area contributed by atoms with Crippen molar-refractivity contribution in [3.8, 4) is 0 Å². The van der Waals surface area contributed by atoms with Crippen LogP contribution in [0, 0.1) is 0 Å². The van der Waals surface area contributed by atoms with Crippen LogP contribution in [0.5, 0.6) is 0 Å². The summed E-state index contributed by atoms with van der Waals surface area (Å²) in [6.07, 6.45) is 1.80. The van der Waals surface area contributed by atoms with Gasteiger partial charge in [-0.25, -0.2) is 0 Å². The Labute approximate surface area is 101 Å². The molecule has 0 atom stereocenters. The van der Waals surface area contributed by atoms with E-state index in [0.29, 0.717) is 0 Å². The van der Waals surface area contributed by atoms with E-state index in [2.05, 4.69) is 10.4 Å². The third kappa shape index (κ3) is 3.15. The Morgan fingerprint density at radius 1 is 1.12 bits per heavy atom. The lowest BCUT2D eigenvalue weighted by molar-refractivity contribution is 0.282. The van der Waals surface area contributed by atoms with E-state index in [1.807, 2.05) is 42.1 Å². The quantitative estimate of drug-likeness (QED) is 0.813. The van der Waals surface area contributed by atoms with Crippen molar-refractivity contribution in [1.29, 1.82) is 0 Å². The zero-order chi connectivity index (χ0) is 12.1. The molecule has 2 aromatic rings. The average molecular weight is 231 g/mol. The maximum absolute atomic E-state index is 8.93. The summed E-state index contributed by atoms with van der Waals surface area (Å²) >= 11 is 0. The highest BCUT2D eigenvalue weighted by molar-refractivity contribution is 5.21. The summed E-state index contributed by atoms with van der Waals surface area (Å²) in [7, 11) is 1.94. The van der Waals surface area contributed by atoms with E-state index >= 15 is 0 Å². The van der Waals surface area contributed by atoms with Gasteiger partial charge in [0.1, 0.15) is 0 Å². The predicted octanol–water partition coefficient (Wildman–Crippen LogP) is 1.20. The molecule has 4 heteroatoms. The molecule has 0 radical (unpaired) electrons. The minimum absolute atomic E-state index is 0.0999. The molecule has 90 valence electrons. The summed E-state index contributed by atoms with van der Waals surface area (Å²) in [4.78, 5) is 0. The zero-order valence-corrected chi connectivity index (χ0v) is 9.93. The number of aliphatic hydroxyl groups excluding tert-OH is 1. The van der Waals surface area contributed by atoms with Crippen molar-refractivity contribution in [2.24, 2.45) is 7.05 Å². The number of nitrogens with one attached hydrogen (secondary N) is 1. The highest BCUT2D eigenvalue weighted by atomic mass is 16.3. The number of benzene rings is 1. The van der Waals surface area contributed by atoms with E-state index in [0.717, 1.165) is 24.3 Å². The number of aliphatic hydroxyl groups is 1.